The van der Waals surface area contributed by atoms with Gasteiger partial charge < -0.3 is 9.47 Å². The molecular formula is C17H20N2O4S2. The number of ether oxygens (including phenoxy) is 2. The van der Waals surface area contributed by atoms with Crippen LogP contribution in [0.15, 0.2) is 52.5 Å². The molecule has 2 heterocycles. The Kier molecular flexibility index (Phi) is 5.95. The minimum atomic E-state index is -3.49. The molecule has 6 nitrogen and oxygen atoms in total. The SMILES string of the molecule is COc1ccccc1CSc1ccc(S(=O)(=O)N2CCOCC2)cn1. The van der Waals surface area contributed by atoms with Gasteiger partial charge in [-0.15, -0.1) is 11.8 Å². The fourth-order valence-electron chi connectivity index (χ4n) is 2.51. The largest absolute Gasteiger partial charge is 0.496 e. The van der Waals surface area contributed by atoms with E-state index in [1.807, 2.05) is 24.3 Å². The van der Waals surface area contributed by atoms with E-state index < -0.39 is 10.0 Å². The van der Waals surface area contributed by atoms with Gasteiger partial charge in [0.25, 0.3) is 0 Å². The van der Waals surface area contributed by atoms with Gasteiger partial charge in [-0.3, -0.25) is 0 Å². The van der Waals surface area contributed by atoms with Crippen LogP contribution in [-0.2, 0) is 20.5 Å². The van der Waals surface area contributed by atoms with Crippen molar-refractivity contribution in [1.29, 1.82) is 0 Å². The van der Waals surface area contributed by atoms with Crippen LogP contribution in [0.25, 0.3) is 0 Å². The summed E-state index contributed by atoms with van der Waals surface area (Å²) in [6.07, 6.45) is 1.43. The number of rotatable bonds is 6. The van der Waals surface area contributed by atoms with Crippen molar-refractivity contribution in [3.8, 4) is 5.75 Å². The van der Waals surface area contributed by atoms with Crippen LogP contribution in [0.5, 0.6) is 5.75 Å². The van der Waals surface area contributed by atoms with Gasteiger partial charge in [0.15, 0.2) is 0 Å². The van der Waals surface area contributed by atoms with Crippen molar-refractivity contribution in [2.45, 2.75) is 15.7 Å². The van der Waals surface area contributed by atoms with E-state index in [2.05, 4.69) is 4.98 Å². The van der Waals surface area contributed by atoms with Crippen LogP contribution < -0.4 is 4.74 Å². The summed E-state index contributed by atoms with van der Waals surface area (Å²) >= 11 is 1.54. The van der Waals surface area contributed by atoms with Crippen molar-refractivity contribution in [2.75, 3.05) is 33.4 Å². The Bertz CT molecular complexity index is 804. The van der Waals surface area contributed by atoms with Gasteiger partial charge in [-0.1, -0.05) is 18.2 Å². The molecule has 0 atom stereocenters. The van der Waals surface area contributed by atoms with Gasteiger partial charge in [-0.2, -0.15) is 4.31 Å². The molecule has 1 fully saturated rings. The molecule has 8 heteroatoms. The maximum absolute atomic E-state index is 12.6. The van der Waals surface area contributed by atoms with E-state index in [-0.39, 0.29) is 4.90 Å². The van der Waals surface area contributed by atoms with Crippen molar-refractivity contribution in [3.63, 3.8) is 0 Å². The first-order chi connectivity index (χ1) is 12.1. The Morgan fingerprint density at radius 2 is 1.96 bits per heavy atom. The van der Waals surface area contributed by atoms with Gasteiger partial charge >= 0.3 is 0 Å². The van der Waals surface area contributed by atoms with Gasteiger partial charge in [-0.05, 0) is 18.2 Å². The molecule has 134 valence electrons. The Labute approximate surface area is 152 Å². The van der Waals surface area contributed by atoms with E-state index in [1.165, 1.54) is 22.3 Å². The fraction of sp³-hybridized carbons (Fsp3) is 0.353. The van der Waals surface area contributed by atoms with Crippen LogP contribution >= 0.6 is 11.8 Å². The molecule has 0 bridgehead atoms. The zero-order valence-corrected chi connectivity index (χ0v) is 15.6. The molecule has 0 spiro atoms. The van der Waals surface area contributed by atoms with E-state index in [1.54, 1.807) is 19.2 Å². The monoisotopic (exact) mass is 380 g/mol. The molecule has 1 aliphatic rings. The molecule has 0 radical (unpaired) electrons. The topological polar surface area (TPSA) is 68.7 Å². The third-order valence-electron chi connectivity index (χ3n) is 3.89. The first-order valence-electron chi connectivity index (χ1n) is 7.90. The third-order valence-corrected chi connectivity index (χ3v) is 6.76. The molecule has 0 unspecified atom stereocenters. The van der Waals surface area contributed by atoms with E-state index in [4.69, 9.17) is 9.47 Å². The van der Waals surface area contributed by atoms with Gasteiger partial charge in [0, 0.05) is 30.6 Å². The molecule has 25 heavy (non-hydrogen) atoms. The minimum absolute atomic E-state index is 0.219. The number of pyridine rings is 1. The van der Waals surface area contributed by atoms with Gasteiger partial charge in [0.2, 0.25) is 10.0 Å². The number of hydrogen-bond acceptors (Lipinski definition) is 6. The number of methoxy groups -OCH3 is 1. The Morgan fingerprint density at radius 1 is 1.20 bits per heavy atom. The standard InChI is InChI=1S/C17H20N2O4S2/c1-22-16-5-3-2-4-14(16)13-24-17-7-6-15(12-18-17)25(20,21)19-8-10-23-11-9-19/h2-7,12H,8-11,13H2,1H3. The summed E-state index contributed by atoms with van der Waals surface area (Å²) in [6, 6.07) is 11.2. The lowest BCUT2D eigenvalue weighted by Crippen LogP contribution is -2.40. The minimum Gasteiger partial charge on any atom is -0.496 e. The predicted octanol–water partition coefficient (Wildman–Crippen LogP) is 2.40. The van der Waals surface area contributed by atoms with Crippen molar-refractivity contribution in [1.82, 2.24) is 9.29 Å². The van der Waals surface area contributed by atoms with Crippen LogP contribution in [0.4, 0.5) is 0 Å². The molecule has 1 aliphatic heterocycles. The number of thioether (sulfide) groups is 1. The van der Waals surface area contributed by atoms with Crippen molar-refractivity contribution >= 4 is 21.8 Å². The number of sulfonamides is 1. The number of hydrogen-bond donors (Lipinski definition) is 0. The summed E-state index contributed by atoms with van der Waals surface area (Å²) in [5.41, 5.74) is 1.07. The van der Waals surface area contributed by atoms with E-state index in [9.17, 15) is 8.42 Å². The van der Waals surface area contributed by atoms with Gasteiger partial charge in [-0.25, -0.2) is 13.4 Å². The van der Waals surface area contributed by atoms with Crippen LogP contribution in [0.1, 0.15) is 5.56 Å². The molecule has 3 rings (SSSR count). The molecule has 0 amide bonds. The summed E-state index contributed by atoms with van der Waals surface area (Å²) < 4.78 is 37.1. The zero-order chi connectivity index (χ0) is 17.7. The predicted molar refractivity (Wildman–Crippen MR) is 96.4 cm³/mol. The van der Waals surface area contributed by atoms with E-state index in [0.717, 1.165) is 16.3 Å². The molecule has 0 saturated carbocycles. The van der Waals surface area contributed by atoms with Gasteiger partial charge in [0.05, 0.1) is 25.3 Å². The maximum atomic E-state index is 12.6. The first kappa shape index (κ1) is 18.2. The maximum Gasteiger partial charge on any atom is 0.244 e. The lowest BCUT2D eigenvalue weighted by molar-refractivity contribution is 0.0730. The number of morpholine rings is 1. The highest BCUT2D eigenvalue weighted by Gasteiger charge is 2.26. The normalized spacial score (nSPS) is 15.9. The highest BCUT2D eigenvalue weighted by molar-refractivity contribution is 7.98. The lowest BCUT2D eigenvalue weighted by Gasteiger charge is -2.25. The Hall–Kier alpha value is -1.61. The smallest absolute Gasteiger partial charge is 0.244 e. The average Bonchev–Trinajstić information content (AvgIpc) is 2.67. The lowest BCUT2D eigenvalue weighted by atomic mass is 10.2. The summed E-state index contributed by atoms with van der Waals surface area (Å²) in [5, 5.41) is 0.770. The Morgan fingerprint density at radius 3 is 2.64 bits per heavy atom. The van der Waals surface area contributed by atoms with Crippen molar-refractivity contribution < 1.29 is 17.9 Å². The van der Waals surface area contributed by atoms with Crippen LogP contribution in [-0.4, -0.2) is 51.1 Å². The molecule has 2 aromatic rings. The molecule has 1 aromatic heterocycles. The summed E-state index contributed by atoms with van der Waals surface area (Å²) in [5.74, 6) is 1.54. The van der Waals surface area contributed by atoms with Crippen LogP contribution in [0.2, 0.25) is 0 Å². The Balaban J connectivity index is 1.68. The quantitative estimate of drug-likeness (QED) is 0.717. The number of benzene rings is 1. The molecule has 1 saturated heterocycles. The highest BCUT2D eigenvalue weighted by atomic mass is 32.2. The molecule has 0 aliphatic carbocycles. The average molecular weight is 380 g/mol. The second-order valence-corrected chi connectivity index (χ2v) is 8.38. The van der Waals surface area contributed by atoms with Crippen molar-refractivity contribution in [2.24, 2.45) is 0 Å². The summed E-state index contributed by atoms with van der Waals surface area (Å²) in [6.45, 7) is 1.62. The fourth-order valence-corrected chi connectivity index (χ4v) is 4.70. The summed E-state index contributed by atoms with van der Waals surface area (Å²) in [4.78, 5) is 4.51. The molecular weight excluding hydrogens is 360 g/mol. The number of aromatic nitrogens is 1. The molecule has 1 aromatic carbocycles. The van der Waals surface area contributed by atoms with Crippen LogP contribution in [0.3, 0.4) is 0 Å². The van der Waals surface area contributed by atoms with E-state index >= 15 is 0 Å². The van der Waals surface area contributed by atoms with Crippen molar-refractivity contribution in [3.05, 3.63) is 48.2 Å². The number of nitrogens with zero attached hydrogens (tertiary/aromatic N) is 2. The summed E-state index contributed by atoms with van der Waals surface area (Å²) in [7, 11) is -1.85. The van der Waals surface area contributed by atoms with Crippen LogP contribution in [0, 0.1) is 0 Å². The second kappa shape index (κ2) is 8.18. The first-order valence-corrected chi connectivity index (χ1v) is 10.3. The van der Waals surface area contributed by atoms with Gasteiger partial charge in [0.1, 0.15) is 10.6 Å². The number of para-hydroxylation sites is 1. The molecule has 0 N–H and O–H groups in total. The zero-order valence-electron chi connectivity index (χ0n) is 13.9. The second-order valence-electron chi connectivity index (χ2n) is 5.45. The highest BCUT2D eigenvalue weighted by Crippen LogP contribution is 2.27. The third kappa shape index (κ3) is 4.33. The van der Waals surface area contributed by atoms with E-state index in [0.29, 0.717) is 32.1 Å².